The molecule has 0 aromatic heterocycles. The third-order valence-corrected chi connectivity index (χ3v) is 1.84. The topological polar surface area (TPSA) is 3.24 Å². The van der Waals surface area contributed by atoms with Crippen LogP contribution in [0.2, 0.25) is 0 Å². The summed E-state index contributed by atoms with van der Waals surface area (Å²) in [5.74, 6) is 0.728. The predicted octanol–water partition coefficient (Wildman–Crippen LogP) is 1.16. The van der Waals surface area contributed by atoms with Gasteiger partial charge in [-0.2, -0.15) is 0 Å². The fourth-order valence-corrected chi connectivity index (χ4v) is 1.06. The molecule has 1 aliphatic rings. The van der Waals surface area contributed by atoms with Gasteiger partial charge in [0, 0.05) is 0 Å². The number of rotatable bonds is 0. The first-order valence-electron chi connectivity index (χ1n) is 3.30. The third-order valence-electron chi connectivity index (χ3n) is 1.84. The van der Waals surface area contributed by atoms with Gasteiger partial charge in [0.1, 0.15) is 0 Å². The summed E-state index contributed by atoms with van der Waals surface area (Å²) in [7, 11) is 2.17. The minimum atomic E-state index is 0.728. The Bertz CT molecular complexity index is 52.8. The summed E-state index contributed by atoms with van der Waals surface area (Å²) in [6, 6.07) is 0. The van der Waals surface area contributed by atoms with E-state index in [4.69, 9.17) is 0 Å². The molecule has 0 saturated carbocycles. The highest BCUT2D eigenvalue weighted by Crippen LogP contribution is 2.13. The minimum absolute atomic E-state index is 0.728. The maximum atomic E-state index is 4.01. The van der Waals surface area contributed by atoms with E-state index in [1.54, 1.807) is 0 Å². The van der Waals surface area contributed by atoms with E-state index in [0.717, 1.165) is 5.92 Å². The molecule has 47 valence electrons. The van der Waals surface area contributed by atoms with Crippen molar-refractivity contribution in [3.05, 3.63) is 6.92 Å². The van der Waals surface area contributed by atoms with E-state index >= 15 is 0 Å². The lowest BCUT2D eigenvalue weighted by molar-refractivity contribution is 0.243. The smallest absolute Gasteiger partial charge is 0.00191 e. The van der Waals surface area contributed by atoms with Gasteiger partial charge in [-0.05, 0) is 38.9 Å². The lowest BCUT2D eigenvalue weighted by Crippen LogP contribution is -2.28. The highest BCUT2D eigenvalue weighted by molar-refractivity contribution is 4.70. The summed E-state index contributed by atoms with van der Waals surface area (Å²) in [5.41, 5.74) is 0. The van der Waals surface area contributed by atoms with Crippen LogP contribution in [0, 0.1) is 12.8 Å². The van der Waals surface area contributed by atoms with Crippen LogP contribution in [0.4, 0.5) is 0 Å². The molecule has 1 aliphatic heterocycles. The molecule has 1 fully saturated rings. The van der Waals surface area contributed by atoms with Crippen LogP contribution in [0.15, 0.2) is 0 Å². The van der Waals surface area contributed by atoms with E-state index in [2.05, 4.69) is 18.9 Å². The van der Waals surface area contributed by atoms with Crippen LogP contribution in [0.1, 0.15) is 12.8 Å². The second kappa shape index (κ2) is 2.49. The molecule has 0 amide bonds. The SMILES string of the molecule is [CH2]C1CCN(C)CC1. The Kier molecular flexibility index (Phi) is 1.90. The lowest BCUT2D eigenvalue weighted by atomic mass is 10.00. The largest absolute Gasteiger partial charge is 0.306 e. The summed E-state index contributed by atoms with van der Waals surface area (Å²) < 4.78 is 0. The summed E-state index contributed by atoms with van der Waals surface area (Å²) in [6.07, 6.45) is 2.58. The quantitative estimate of drug-likeness (QED) is 0.454. The molecule has 0 spiro atoms. The van der Waals surface area contributed by atoms with Gasteiger partial charge in [0.2, 0.25) is 0 Å². The van der Waals surface area contributed by atoms with Gasteiger partial charge in [0.05, 0.1) is 0 Å². The van der Waals surface area contributed by atoms with Gasteiger partial charge in [-0.25, -0.2) is 0 Å². The van der Waals surface area contributed by atoms with E-state index in [1.165, 1.54) is 25.9 Å². The van der Waals surface area contributed by atoms with Crippen molar-refractivity contribution in [3.8, 4) is 0 Å². The first-order chi connectivity index (χ1) is 3.79. The molecule has 1 nitrogen and oxygen atoms in total. The normalized spacial score (nSPS) is 26.2. The van der Waals surface area contributed by atoms with Crippen LogP contribution in [0.3, 0.4) is 0 Å². The monoisotopic (exact) mass is 112 g/mol. The van der Waals surface area contributed by atoms with E-state index in [1.807, 2.05) is 0 Å². The Morgan fingerprint density at radius 2 is 1.88 bits per heavy atom. The molecule has 1 radical (unpaired) electrons. The Morgan fingerprint density at radius 1 is 1.38 bits per heavy atom. The van der Waals surface area contributed by atoms with Crippen molar-refractivity contribution in [2.45, 2.75) is 12.8 Å². The Hall–Kier alpha value is -0.0400. The zero-order valence-electron chi connectivity index (χ0n) is 5.56. The van der Waals surface area contributed by atoms with Crippen LogP contribution in [0.25, 0.3) is 0 Å². The molecule has 0 N–H and O–H groups in total. The number of piperidine rings is 1. The van der Waals surface area contributed by atoms with Crippen molar-refractivity contribution in [2.24, 2.45) is 5.92 Å². The van der Waals surface area contributed by atoms with Gasteiger partial charge in [0.15, 0.2) is 0 Å². The molecule has 1 heteroatoms. The number of hydrogen-bond donors (Lipinski definition) is 0. The molecule has 8 heavy (non-hydrogen) atoms. The van der Waals surface area contributed by atoms with Gasteiger partial charge in [-0.1, -0.05) is 6.92 Å². The maximum absolute atomic E-state index is 4.01. The highest BCUT2D eigenvalue weighted by Gasteiger charge is 2.10. The predicted molar refractivity (Wildman–Crippen MR) is 35.6 cm³/mol. The maximum Gasteiger partial charge on any atom is -0.00191 e. The van der Waals surface area contributed by atoms with Crippen LogP contribution in [0.5, 0.6) is 0 Å². The van der Waals surface area contributed by atoms with Crippen molar-refractivity contribution in [3.63, 3.8) is 0 Å². The van der Waals surface area contributed by atoms with Crippen molar-refractivity contribution in [2.75, 3.05) is 20.1 Å². The Labute approximate surface area is 51.7 Å². The number of likely N-dealkylation sites (tertiary alicyclic amines) is 1. The molecular formula is C7H14N. The summed E-state index contributed by atoms with van der Waals surface area (Å²) in [4.78, 5) is 2.36. The third kappa shape index (κ3) is 1.48. The molecule has 0 bridgehead atoms. The molecule has 1 heterocycles. The molecular weight excluding hydrogens is 98.1 g/mol. The van der Waals surface area contributed by atoms with Crippen LogP contribution in [-0.4, -0.2) is 25.0 Å². The second-order valence-corrected chi connectivity index (χ2v) is 2.75. The zero-order valence-corrected chi connectivity index (χ0v) is 5.56. The highest BCUT2D eigenvalue weighted by atomic mass is 15.1. The zero-order chi connectivity index (χ0) is 5.98. The van der Waals surface area contributed by atoms with E-state index in [0.29, 0.717) is 0 Å². The van der Waals surface area contributed by atoms with Crippen LogP contribution >= 0.6 is 0 Å². The molecule has 0 unspecified atom stereocenters. The Morgan fingerprint density at radius 3 is 2.25 bits per heavy atom. The van der Waals surface area contributed by atoms with Crippen LogP contribution < -0.4 is 0 Å². The summed E-state index contributed by atoms with van der Waals surface area (Å²) in [5, 5.41) is 0. The first kappa shape index (κ1) is 6.09. The molecule has 0 aromatic carbocycles. The van der Waals surface area contributed by atoms with Crippen molar-refractivity contribution in [1.82, 2.24) is 4.90 Å². The van der Waals surface area contributed by atoms with Gasteiger partial charge in [-0.15, -0.1) is 0 Å². The fourth-order valence-electron chi connectivity index (χ4n) is 1.06. The summed E-state index contributed by atoms with van der Waals surface area (Å²) >= 11 is 0. The number of nitrogens with zero attached hydrogens (tertiary/aromatic N) is 1. The Balaban J connectivity index is 2.19. The second-order valence-electron chi connectivity index (χ2n) is 2.75. The molecule has 1 rings (SSSR count). The van der Waals surface area contributed by atoms with Gasteiger partial charge in [0.25, 0.3) is 0 Å². The first-order valence-corrected chi connectivity index (χ1v) is 3.30. The average Bonchev–Trinajstić information content (AvgIpc) is 1.77. The van der Waals surface area contributed by atoms with Gasteiger partial charge < -0.3 is 4.90 Å². The fraction of sp³-hybridized carbons (Fsp3) is 0.857. The molecule has 0 aromatic rings. The lowest BCUT2D eigenvalue weighted by Gasteiger charge is -2.25. The summed E-state index contributed by atoms with van der Waals surface area (Å²) in [6.45, 7) is 6.49. The molecule has 0 atom stereocenters. The average molecular weight is 112 g/mol. The molecule has 1 saturated heterocycles. The van der Waals surface area contributed by atoms with Crippen LogP contribution in [-0.2, 0) is 0 Å². The van der Waals surface area contributed by atoms with Crippen molar-refractivity contribution in [1.29, 1.82) is 0 Å². The number of hydrogen-bond acceptors (Lipinski definition) is 1. The van der Waals surface area contributed by atoms with E-state index < -0.39 is 0 Å². The van der Waals surface area contributed by atoms with Gasteiger partial charge in [-0.3, -0.25) is 0 Å². The van der Waals surface area contributed by atoms with E-state index in [-0.39, 0.29) is 0 Å². The molecule has 0 aliphatic carbocycles. The van der Waals surface area contributed by atoms with Gasteiger partial charge >= 0.3 is 0 Å². The van der Waals surface area contributed by atoms with Crippen molar-refractivity contribution < 1.29 is 0 Å². The van der Waals surface area contributed by atoms with E-state index in [9.17, 15) is 0 Å². The van der Waals surface area contributed by atoms with Crippen molar-refractivity contribution >= 4 is 0 Å². The minimum Gasteiger partial charge on any atom is -0.306 e. The standard InChI is InChI=1S/C7H14N/c1-7-3-5-8(2)6-4-7/h7H,1,3-6H2,2H3.